The number of tetrazole rings is 1. The molecule has 1 N–H and O–H groups in total. The zero-order chi connectivity index (χ0) is 12.3. The van der Waals surface area contributed by atoms with Gasteiger partial charge in [-0.1, -0.05) is 20.3 Å². The van der Waals surface area contributed by atoms with Crippen LogP contribution in [0.5, 0.6) is 0 Å². The molecule has 1 aliphatic carbocycles. The van der Waals surface area contributed by atoms with E-state index >= 15 is 0 Å². The first kappa shape index (κ1) is 12.5. The number of hydrogen-bond donors (Lipinski definition) is 1. The summed E-state index contributed by atoms with van der Waals surface area (Å²) in [6.45, 7) is 8.57. The Hall–Kier alpha value is -0.970. The fraction of sp³-hybridized carbons (Fsp3) is 0.917. The Bertz CT molecular complexity index is 356. The molecule has 0 saturated heterocycles. The van der Waals surface area contributed by atoms with Crippen molar-refractivity contribution in [1.29, 1.82) is 0 Å². The highest BCUT2D eigenvalue weighted by molar-refractivity contribution is 4.92. The van der Waals surface area contributed by atoms with Crippen LogP contribution in [0.25, 0.3) is 0 Å². The van der Waals surface area contributed by atoms with Crippen LogP contribution in [-0.2, 0) is 6.54 Å². The van der Waals surface area contributed by atoms with Gasteiger partial charge < -0.3 is 5.32 Å². The van der Waals surface area contributed by atoms with Gasteiger partial charge in [-0.3, -0.25) is 0 Å². The van der Waals surface area contributed by atoms with Crippen molar-refractivity contribution in [2.45, 2.75) is 59.0 Å². The van der Waals surface area contributed by atoms with E-state index in [0.29, 0.717) is 5.41 Å². The van der Waals surface area contributed by atoms with Gasteiger partial charge in [0.25, 0.3) is 0 Å². The van der Waals surface area contributed by atoms with Gasteiger partial charge in [-0.2, -0.15) is 0 Å². The molecule has 1 unspecified atom stereocenters. The van der Waals surface area contributed by atoms with E-state index in [1.54, 1.807) is 0 Å². The predicted octanol–water partition coefficient (Wildman–Crippen LogP) is 1.92. The van der Waals surface area contributed by atoms with E-state index in [1.165, 1.54) is 19.3 Å². The third-order valence-electron chi connectivity index (χ3n) is 3.74. The smallest absolute Gasteiger partial charge is 0.167 e. The molecule has 0 aromatic carbocycles. The van der Waals surface area contributed by atoms with Crippen molar-refractivity contribution >= 4 is 0 Å². The van der Waals surface area contributed by atoms with Crippen molar-refractivity contribution in [3.8, 4) is 0 Å². The third kappa shape index (κ3) is 2.83. The Morgan fingerprint density at radius 2 is 2.24 bits per heavy atom. The molecular weight excluding hydrogens is 214 g/mol. The highest BCUT2D eigenvalue weighted by atomic mass is 15.5. The van der Waals surface area contributed by atoms with Gasteiger partial charge in [0.15, 0.2) is 5.82 Å². The molecule has 96 valence electrons. The number of aromatic nitrogens is 4. The maximum atomic E-state index is 4.15. The van der Waals surface area contributed by atoms with Crippen LogP contribution >= 0.6 is 0 Å². The number of rotatable bonds is 6. The van der Waals surface area contributed by atoms with Crippen LogP contribution in [0.1, 0.15) is 58.3 Å². The summed E-state index contributed by atoms with van der Waals surface area (Å²) in [7, 11) is 0. The summed E-state index contributed by atoms with van der Waals surface area (Å²) < 4.78 is 1.98. The minimum absolute atomic E-state index is 0.230. The second-order valence-electron chi connectivity index (χ2n) is 5.53. The second-order valence-corrected chi connectivity index (χ2v) is 5.53. The standard InChI is InChI=1S/C12H23N5/c1-4-8-13-10(2)11-14-15-16-17(11)9-12(3)6-5-7-12/h10,13H,4-9H2,1-3H3. The first-order chi connectivity index (χ1) is 8.14. The van der Waals surface area contributed by atoms with Crippen LogP contribution in [0, 0.1) is 5.41 Å². The molecule has 1 saturated carbocycles. The third-order valence-corrected chi connectivity index (χ3v) is 3.74. The lowest BCUT2D eigenvalue weighted by molar-refractivity contribution is 0.122. The highest BCUT2D eigenvalue weighted by Crippen LogP contribution is 2.41. The Labute approximate surface area is 103 Å². The van der Waals surface area contributed by atoms with Crippen LogP contribution in [0.3, 0.4) is 0 Å². The van der Waals surface area contributed by atoms with Crippen molar-refractivity contribution in [3.05, 3.63) is 5.82 Å². The van der Waals surface area contributed by atoms with Crippen LogP contribution in [0.15, 0.2) is 0 Å². The number of hydrogen-bond acceptors (Lipinski definition) is 4. The van der Waals surface area contributed by atoms with Crippen LogP contribution < -0.4 is 5.32 Å². The molecule has 2 rings (SSSR count). The van der Waals surface area contributed by atoms with Gasteiger partial charge in [0.05, 0.1) is 12.6 Å². The lowest BCUT2D eigenvalue weighted by Crippen LogP contribution is -2.33. The maximum absolute atomic E-state index is 4.15. The van der Waals surface area contributed by atoms with Crippen LogP contribution in [0.4, 0.5) is 0 Å². The van der Waals surface area contributed by atoms with Gasteiger partial charge in [0, 0.05) is 0 Å². The minimum atomic E-state index is 0.230. The second kappa shape index (κ2) is 5.12. The molecule has 1 heterocycles. The zero-order valence-corrected chi connectivity index (χ0v) is 11.1. The van der Waals surface area contributed by atoms with Gasteiger partial charge in [-0.05, 0) is 48.6 Å². The summed E-state index contributed by atoms with van der Waals surface area (Å²) in [5.41, 5.74) is 0.411. The fourth-order valence-electron chi connectivity index (χ4n) is 2.39. The van der Waals surface area contributed by atoms with Gasteiger partial charge in [0.2, 0.25) is 0 Å². The van der Waals surface area contributed by atoms with Crippen LogP contribution in [-0.4, -0.2) is 26.8 Å². The van der Waals surface area contributed by atoms with Gasteiger partial charge in [0.1, 0.15) is 0 Å². The van der Waals surface area contributed by atoms with Crippen molar-refractivity contribution in [1.82, 2.24) is 25.5 Å². The average Bonchev–Trinajstić information content (AvgIpc) is 2.71. The number of nitrogens with zero attached hydrogens (tertiary/aromatic N) is 4. The average molecular weight is 237 g/mol. The Morgan fingerprint density at radius 3 is 2.82 bits per heavy atom. The normalized spacial score (nSPS) is 19.9. The molecule has 1 aromatic heterocycles. The molecule has 0 bridgehead atoms. The van der Waals surface area contributed by atoms with Gasteiger partial charge in [-0.25, -0.2) is 4.68 Å². The molecule has 17 heavy (non-hydrogen) atoms. The Balaban J connectivity index is 2.00. The largest absolute Gasteiger partial charge is 0.307 e. The summed E-state index contributed by atoms with van der Waals surface area (Å²) in [6.07, 6.45) is 5.06. The fourth-order valence-corrected chi connectivity index (χ4v) is 2.39. The Morgan fingerprint density at radius 1 is 1.47 bits per heavy atom. The van der Waals surface area contributed by atoms with E-state index < -0.39 is 0 Å². The summed E-state index contributed by atoms with van der Waals surface area (Å²) in [4.78, 5) is 0. The lowest BCUT2D eigenvalue weighted by atomic mass is 9.70. The molecule has 5 heteroatoms. The minimum Gasteiger partial charge on any atom is -0.307 e. The van der Waals surface area contributed by atoms with Crippen LogP contribution in [0.2, 0.25) is 0 Å². The van der Waals surface area contributed by atoms with E-state index in [0.717, 1.165) is 25.3 Å². The lowest BCUT2D eigenvalue weighted by Gasteiger charge is -2.38. The summed E-state index contributed by atoms with van der Waals surface area (Å²) in [6, 6.07) is 0.230. The van der Waals surface area contributed by atoms with Crippen molar-refractivity contribution in [2.75, 3.05) is 6.54 Å². The monoisotopic (exact) mass is 237 g/mol. The molecule has 0 amide bonds. The molecule has 1 aliphatic rings. The van der Waals surface area contributed by atoms with Gasteiger partial charge in [-0.15, -0.1) is 5.10 Å². The quantitative estimate of drug-likeness (QED) is 0.821. The van der Waals surface area contributed by atoms with Gasteiger partial charge >= 0.3 is 0 Å². The summed E-state index contributed by atoms with van der Waals surface area (Å²) >= 11 is 0. The molecular formula is C12H23N5. The van der Waals surface area contributed by atoms with Crippen molar-refractivity contribution in [2.24, 2.45) is 5.41 Å². The zero-order valence-electron chi connectivity index (χ0n) is 11.1. The summed E-state index contributed by atoms with van der Waals surface area (Å²) in [5, 5.41) is 15.5. The molecule has 1 atom stereocenters. The van der Waals surface area contributed by atoms with Crippen molar-refractivity contribution < 1.29 is 0 Å². The van der Waals surface area contributed by atoms with Crippen molar-refractivity contribution in [3.63, 3.8) is 0 Å². The molecule has 0 radical (unpaired) electrons. The van der Waals surface area contributed by atoms with E-state index in [9.17, 15) is 0 Å². The van der Waals surface area contributed by atoms with E-state index in [2.05, 4.69) is 41.6 Å². The summed E-state index contributed by atoms with van der Waals surface area (Å²) in [5.74, 6) is 0.964. The first-order valence-corrected chi connectivity index (χ1v) is 6.64. The number of nitrogens with one attached hydrogen (secondary N) is 1. The van der Waals surface area contributed by atoms with E-state index in [1.807, 2.05) is 4.68 Å². The van der Waals surface area contributed by atoms with E-state index in [-0.39, 0.29) is 6.04 Å². The molecule has 0 aliphatic heterocycles. The SMILES string of the molecule is CCCNC(C)c1nnnn1CC1(C)CCC1. The first-order valence-electron chi connectivity index (χ1n) is 6.64. The predicted molar refractivity (Wildman–Crippen MR) is 66.5 cm³/mol. The molecule has 1 fully saturated rings. The molecule has 0 spiro atoms. The molecule has 1 aromatic rings. The topological polar surface area (TPSA) is 55.6 Å². The maximum Gasteiger partial charge on any atom is 0.167 e. The highest BCUT2D eigenvalue weighted by Gasteiger charge is 2.33. The molecule has 5 nitrogen and oxygen atoms in total. The Kier molecular flexibility index (Phi) is 3.76. The van der Waals surface area contributed by atoms with E-state index in [4.69, 9.17) is 0 Å².